The lowest BCUT2D eigenvalue weighted by Gasteiger charge is -2.29. The fourth-order valence-corrected chi connectivity index (χ4v) is 10.4. The van der Waals surface area contributed by atoms with Gasteiger partial charge in [0.15, 0.2) is 0 Å². The number of aromatic nitrogens is 2. The van der Waals surface area contributed by atoms with Crippen LogP contribution in [-0.4, -0.2) is 9.13 Å². The van der Waals surface area contributed by atoms with Crippen molar-refractivity contribution in [3.05, 3.63) is 279 Å². The van der Waals surface area contributed by atoms with Gasteiger partial charge in [0, 0.05) is 67.0 Å². The second-order valence-electron chi connectivity index (χ2n) is 17.8. The molecule has 0 radical (unpaired) electrons. The Kier molecular flexibility index (Phi) is 10.1. The molecule has 0 aliphatic heterocycles. The van der Waals surface area contributed by atoms with Crippen molar-refractivity contribution in [3.8, 4) is 33.6 Å². The van der Waals surface area contributed by atoms with Gasteiger partial charge in [-0.2, -0.15) is 0 Å². The Labute approximate surface area is 407 Å². The lowest BCUT2D eigenvalue weighted by molar-refractivity contribution is 1.18. The summed E-state index contributed by atoms with van der Waals surface area (Å²) in [5.41, 5.74) is 18.2. The summed E-state index contributed by atoms with van der Waals surface area (Å²) in [6.07, 6.45) is 0. The van der Waals surface area contributed by atoms with Crippen molar-refractivity contribution < 1.29 is 0 Å². The summed E-state index contributed by atoms with van der Waals surface area (Å²) in [6, 6.07) is 101. The quantitative estimate of drug-likeness (QED) is 0.136. The van der Waals surface area contributed by atoms with Crippen LogP contribution in [0.25, 0.3) is 77.2 Å². The van der Waals surface area contributed by atoms with E-state index < -0.39 is 0 Å². The number of benzene rings is 11. The largest absolute Gasteiger partial charge is 0.310 e. The zero-order chi connectivity index (χ0) is 46.4. The smallest absolute Gasteiger partial charge is 0.0542 e. The summed E-state index contributed by atoms with van der Waals surface area (Å²) in [4.78, 5) is 4.76. The van der Waals surface area contributed by atoms with Crippen LogP contribution in [0.3, 0.4) is 0 Å². The molecule has 0 aliphatic carbocycles. The third kappa shape index (κ3) is 7.18. The molecule has 0 amide bonds. The van der Waals surface area contributed by atoms with E-state index in [1.807, 2.05) is 0 Å². The van der Waals surface area contributed by atoms with E-state index in [9.17, 15) is 0 Å². The van der Waals surface area contributed by atoms with Crippen LogP contribution in [0.1, 0.15) is 0 Å². The van der Waals surface area contributed by atoms with Gasteiger partial charge in [0.25, 0.3) is 0 Å². The van der Waals surface area contributed by atoms with Crippen LogP contribution in [0, 0.1) is 0 Å². The van der Waals surface area contributed by atoms with Crippen LogP contribution >= 0.6 is 0 Å². The van der Waals surface area contributed by atoms with E-state index in [1.54, 1.807) is 0 Å². The Hall–Kier alpha value is -9.38. The normalized spacial score (nSPS) is 11.4. The molecule has 4 nitrogen and oxygen atoms in total. The molecule has 13 rings (SSSR count). The van der Waals surface area contributed by atoms with Gasteiger partial charge >= 0.3 is 0 Å². The van der Waals surface area contributed by atoms with Gasteiger partial charge < -0.3 is 18.9 Å². The number of fused-ring (bicyclic) bond motifs is 6. The highest BCUT2D eigenvalue weighted by Gasteiger charge is 2.21. The van der Waals surface area contributed by atoms with Crippen molar-refractivity contribution in [2.24, 2.45) is 0 Å². The first-order chi connectivity index (χ1) is 34.7. The summed E-state index contributed by atoms with van der Waals surface area (Å²) < 4.78 is 4.79. The lowest BCUT2D eigenvalue weighted by Crippen LogP contribution is -2.13. The van der Waals surface area contributed by atoms with E-state index in [0.29, 0.717) is 0 Å². The number of anilines is 6. The third-order valence-corrected chi connectivity index (χ3v) is 13.7. The Morgan fingerprint density at radius 2 is 0.514 bits per heavy atom. The van der Waals surface area contributed by atoms with Gasteiger partial charge in [0.1, 0.15) is 0 Å². The highest BCUT2D eigenvalue weighted by molar-refractivity contribution is 6.12. The summed E-state index contributed by atoms with van der Waals surface area (Å²) in [5.74, 6) is 0. The second-order valence-corrected chi connectivity index (χ2v) is 17.8. The van der Waals surface area contributed by atoms with Gasteiger partial charge in [0.05, 0.1) is 22.1 Å². The molecule has 0 N–H and O–H groups in total. The van der Waals surface area contributed by atoms with E-state index in [1.165, 1.54) is 54.8 Å². The number of hydrogen-bond acceptors (Lipinski definition) is 2. The van der Waals surface area contributed by atoms with Crippen molar-refractivity contribution >= 4 is 77.7 Å². The summed E-state index contributed by atoms with van der Waals surface area (Å²) in [6.45, 7) is 0. The molecule has 0 atom stereocenters. The Balaban J connectivity index is 0.925. The molecule has 4 heteroatoms. The molecule has 70 heavy (non-hydrogen) atoms. The van der Waals surface area contributed by atoms with Gasteiger partial charge in [-0.05, 0) is 138 Å². The molecule has 0 unspecified atom stereocenters. The van der Waals surface area contributed by atoms with Crippen LogP contribution in [0.4, 0.5) is 34.1 Å². The standard InChI is InChI=1S/C66H46N4/c1-5-18-47(19-6-1)49-32-36-53(37-33-49)69-63-30-15-13-28-59(63)61-45-57(40-42-65(61)69)67(51-22-9-3-10-23-51)55-26-17-27-56(44-55)68(52-24-11-4-12-25-52)58-41-43-66-62(46-58)60-29-14-16-31-64(60)70(66)54-38-34-50(35-39-54)48-20-7-2-8-21-48/h1-46H. The highest BCUT2D eigenvalue weighted by Crippen LogP contribution is 2.44. The number of para-hydroxylation sites is 4. The molecular formula is C66H46N4. The minimum Gasteiger partial charge on any atom is -0.310 e. The van der Waals surface area contributed by atoms with Crippen LogP contribution in [0.15, 0.2) is 279 Å². The van der Waals surface area contributed by atoms with Crippen LogP contribution in [0.2, 0.25) is 0 Å². The zero-order valence-electron chi connectivity index (χ0n) is 38.3. The Bertz CT molecular complexity index is 3710. The van der Waals surface area contributed by atoms with Crippen molar-refractivity contribution in [3.63, 3.8) is 0 Å². The molecule has 0 spiro atoms. The molecule has 0 saturated carbocycles. The molecule has 0 bridgehead atoms. The molecule has 11 aromatic carbocycles. The maximum Gasteiger partial charge on any atom is 0.0542 e. The van der Waals surface area contributed by atoms with Gasteiger partial charge in [-0.15, -0.1) is 0 Å². The number of nitrogens with zero attached hydrogens (tertiary/aromatic N) is 4. The lowest BCUT2D eigenvalue weighted by atomic mass is 10.1. The minimum atomic E-state index is 1.06. The molecule has 0 saturated heterocycles. The van der Waals surface area contributed by atoms with Crippen LogP contribution in [-0.2, 0) is 0 Å². The molecule has 0 aliphatic rings. The maximum absolute atomic E-state index is 2.39. The first-order valence-electron chi connectivity index (χ1n) is 23.9. The third-order valence-electron chi connectivity index (χ3n) is 13.7. The van der Waals surface area contributed by atoms with E-state index in [4.69, 9.17) is 0 Å². The van der Waals surface area contributed by atoms with E-state index in [2.05, 4.69) is 298 Å². The van der Waals surface area contributed by atoms with Crippen LogP contribution < -0.4 is 9.80 Å². The van der Waals surface area contributed by atoms with Crippen LogP contribution in [0.5, 0.6) is 0 Å². The number of hydrogen-bond donors (Lipinski definition) is 0. The van der Waals surface area contributed by atoms with Gasteiger partial charge in [0.2, 0.25) is 0 Å². The fraction of sp³-hybridized carbons (Fsp3) is 0. The second kappa shape index (κ2) is 17.4. The minimum absolute atomic E-state index is 1.06. The summed E-state index contributed by atoms with van der Waals surface area (Å²) in [7, 11) is 0. The Morgan fingerprint density at radius 1 is 0.200 bits per heavy atom. The van der Waals surface area contributed by atoms with Gasteiger partial charge in [-0.1, -0.05) is 164 Å². The molecular weight excluding hydrogens is 849 g/mol. The molecule has 2 heterocycles. The maximum atomic E-state index is 2.39. The zero-order valence-corrected chi connectivity index (χ0v) is 38.3. The molecule has 0 fully saturated rings. The van der Waals surface area contributed by atoms with Crippen molar-refractivity contribution in [1.29, 1.82) is 0 Å². The monoisotopic (exact) mass is 894 g/mol. The molecule has 13 aromatic rings. The van der Waals surface area contributed by atoms with E-state index >= 15 is 0 Å². The van der Waals surface area contributed by atoms with Gasteiger partial charge in [-0.3, -0.25) is 0 Å². The average Bonchev–Trinajstić information content (AvgIpc) is 3.95. The SMILES string of the molecule is c1ccc(-c2ccc(-n3c4ccccc4c4cc(N(c5ccccc5)c5cccc(N(c6ccccc6)c6ccc7c(c6)c6ccccc6n7-c6ccc(-c7ccccc7)cc6)c5)ccc43)cc2)cc1. The number of rotatable bonds is 10. The molecule has 2 aromatic heterocycles. The van der Waals surface area contributed by atoms with Gasteiger partial charge in [-0.25, -0.2) is 0 Å². The first-order valence-corrected chi connectivity index (χ1v) is 23.9. The van der Waals surface area contributed by atoms with Crippen molar-refractivity contribution in [1.82, 2.24) is 9.13 Å². The van der Waals surface area contributed by atoms with E-state index in [-0.39, 0.29) is 0 Å². The topological polar surface area (TPSA) is 16.3 Å². The molecule has 330 valence electrons. The Morgan fingerprint density at radius 3 is 0.929 bits per heavy atom. The highest BCUT2D eigenvalue weighted by atomic mass is 15.2. The fourth-order valence-electron chi connectivity index (χ4n) is 10.4. The average molecular weight is 895 g/mol. The van der Waals surface area contributed by atoms with Crippen molar-refractivity contribution in [2.75, 3.05) is 9.80 Å². The predicted molar refractivity (Wildman–Crippen MR) is 295 cm³/mol. The predicted octanol–water partition coefficient (Wildman–Crippen LogP) is 18.2. The summed E-state index contributed by atoms with van der Waals surface area (Å²) in [5, 5.41) is 4.82. The first kappa shape index (κ1) is 40.9. The summed E-state index contributed by atoms with van der Waals surface area (Å²) >= 11 is 0. The van der Waals surface area contributed by atoms with E-state index in [0.717, 1.165) is 56.5 Å². The van der Waals surface area contributed by atoms with Crippen molar-refractivity contribution in [2.45, 2.75) is 0 Å².